The van der Waals surface area contributed by atoms with Crippen LogP contribution in [0.2, 0.25) is 0 Å². The number of fused-ring (bicyclic) bond motifs is 1. The topological polar surface area (TPSA) is 41.9 Å². The Bertz CT molecular complexity index is 410. The molecule has 0 aromatic heterocycles. The average molecular weight is 279 g/mol. The van der Waals surface area contributed by atoms with Crippen LogP contribution in [0.4, 0.5) is 0 Å². The summed E-state index contributed by atoms with van der Waals surface area (Å²) in [5, 5.41) is 10.1. The number of aliphatic hydroxyl groups excluding tert-OH is 1. The number of benzene rings is 1. The molecule has 2 unspecified atom stereocenters. The van der Waals surface area contributed by atoms with Crippen molar-refractivity contribution < 1.29 is 14.6 Å². The van der Waals surface area contributed by atoms with E-state index in [4.69, 9.17) is 9.47 Å². The molecule has 0 amide bonds. The van der Waals surface area contributed by atoms with E-state index < -0.39 is 6.10 Å². The molecule has 1 heterocycles. The number of rotatable bonds is 7. The number of hydrogen-bond acceptors (Lipinski definition) is 4. The Hall–Kier alpha value is -0.940. The summed E-state index contributed by atoms with van der Waals surface area (Å²) < 4.78 is 10.6. The van der Waals surface area contributed by atoms with Crippen LogP contribution < -0.4 is 0 Å². The summed E-state index contributed by atoms with van der Waals surface area (Å²) in [7, 11) is 1.65. The van der Waals surface area contributed by atoms with Gasteiger partial charge >= 0.3 is 0 Å². The maximum absolute atomic E-state index is 10.1. The Morgan fingerprint density at radius 2 is 2.00 bits per heavy atom. The standard InChI is InChI=1S/C16H25NO3/c1-13(11-19-2)20-12-16(18)10-17-8-7-14-5-3-4-6-15(14)9-17/h3-6,13,16,18H,7-12H2,1-2H3. The summed E-state index contributed by atoms with van der Waals surface area (Å²) in [4.78, 5) is 2.29. The Labute approximate surface area is 121 Å². The van der Waals surface area contributed by atoms with E-state index in [0.29, 0.717) is 19.8 Å². The van der Waals surface area contributed by atoms with Crippen LogP contribution in [0.1, 0.15) is 18.1 Å². The predicted molar refractivity (Wildman–Crippen MR) is 78.7 cm³/mol. The maximum Gasteiger partial charge on any atom is 0.0900 e. The Balaban J connectivity index is 1.74. The van der Waals surface area contributed by atoms with Gasteiger partial charge in [0, 0.05) is 26.7 Å². The number of aliphatic hydroxyl groups is 1. The Morgan fingerprint density at radius 1 is 1.25 bits per heavy atom. The van der Waals surface area contributed by atoms with Gasteiger partial charge in [0.2, 0.25) is 0 Å². The molecule has 0 aliphatic carbocycles. The molecular weight excluding hydrogens is 254 g/mol. The molecule has 1 aliphatic rings. The van der Waals surface area contributed by atoms with Crippen LogP contribution in [0.5, 0.6) is 0 Å². The first kappa shape index (κ1) is 15.4. The largest absolute Gasteiger partial charge is 0.389 e. The van der Waals surface area contributed by atoms with E-state index in [1.54, 1.807) is 7.11 Å². The third-order valence-electron chi connectivity index (χ3n) is 3.65. The normalized spacial score (nSPS) is 18.6. The van der Waals surface area contributed by atoms with Crippen molar-refractivity contribution in [3.63, 3.8) is 0 Å². The highest BCUT2D eigenvalue weighted by atomic mass is 16.5. The monoisotopic (exact) mass is 279 g/mol. The van der Waals surface area contributed by atoms with Crippen molar-refractivity contribution in [3.8, 4) is 0 Å². The van der Waals surface area contributed by atoms with Crippen LogP contribution in [0.25, 0.3) is 0 Å². The van der Waals surface area contributed by atoms with Crippen molar-refractivity contribution in [1.82, 2.24) is 4.90 Å². The lowest BCUT2D eigenvalue weighted by Crippen LogP contribution is -2.39. The molecule has 2 atom stereocenters. The zero-order valence-corrected chi connectivity index (χ0v) is 12.4. The van der Waals surface area contributed by atoms with E-state index in [1.165, 1.54) is 11.1 Å². The van der Waals surface area contributed by atoms with Gasteiger partial charge in [-0.1, -0.05) is 24.3 Å². The minimum atomic E-state index is -0.445. The molecule has 112 valence electrons. The van der Waals surface area contributed by atoms with Crippen molar-refractivity contribution in [2.45, 2.75) is 32.1 Å². The number of hydrogen-bond donors (Lipinski definition) is 1. The molecule has 0 radical (unpaired) electrons. The fourth-order valence-electron chi connectivity index (χ4n) is 2.62. The van der Waals surface area contributed by atoms with Gasteiger partial charge in [0.1, 0.15) is 0 Å². The molecule has 1 aromatic rings. The molecule has 1 N–H and O–H groups in total. The third kappa shape index (κ3) is 4.56. The highest BCUT2D eigenvalue weighted by molar-refractivity contribution is 5.29. The number of ether oxygens (including phenoxy) is 2. The van der Waals surface area contributed by atoms with Crippen molar-refractivity contribution in [2.75, 3.05) is 33.4 Å². The van der Waals surface area contributed by atoms with Crippen molar-refractivity contribution in [3.05, 3.63) is 35.4 Å². The molecule has 1 aliphatic heterocycles. The highest BCUT2D eigenvalue weighted by Gasteiger charge is 2.18. The minimum Gasteiger partial charge on any atom is -0.389 e. The first-order valence-electron chi connectivity index (χ1n) is 7.26. The molecule has 0 saturated heterocycles. The van der Waals surface area contributed by atoms with E-state index >= 15 is 0 Å². The van der Waals surface area contributed by atoms with Crippen LogP contribution >= 0.6 is 0 Å². The van der Waals surface area contributed by atoms with Gasteiger partial charge in [-0.3, -0.25) is 4.90 Å². The van der Waals surface area contributed by atoms with Crippen molar-refractivity contribution >= 4 is 0 Å². The summed E-state index contributed by atoms with van der Waals surface area (Å²) >= 11 is 0. The smallest absolute Gasteiger partial charge is 0.0900 e. The van der Waals surface area contributed by atoms with E-state index in [-0.39, 0.29) is 6.10 Å². The molecule has 0 fully saturated rings. The maximum atomic E-state index is 10.1. The Morgan fingerprint density at radius 3 is 2.75 bits per heavy atom. The van der Waals surface area contributed by atoms with Crippen LogP contribution in [0.3, 0.4) is 0 Å². The molecule has 1 aromatic carbocycles. The molecule has 0 spiro atoms. The number of β-amino-alcohol motifs (C(OH)–C–C–N with tert-alkyl or cyclic N) is 1. The molecule has 0 bridgehead atoms. The van der Waals surface area contributed by atoms with Gasteiger partial charge in [0.15, 0.2) is 0 Å². The summed E-state index contributed by atoms with van der Waals surface area (Å²) in [5.41, 5.74) is 2.81. The second-order valence-electron chi connectivity index (χ2n) is 5.51. The summed E-state index contributed by atoms with van der Waals surface area (Å²) in [6, 6.07) is 8.53. The first-order valence-corrected chi connectivity index (χ1v) is 7.26. The SMILES string of the molecule is COCC(C)OCC(O)CN1CCc2ccccc2C1. The lowest BCUT2D eigenvalue weighted by atomic mass is 10.00. The van der Waals surface area contributed by atoms with Gasteiger partial charge in [-0.05, 0) is 24.5 Å². The zero-order chi connectivity index (χ0) is 14.4. The lowest BCUT2D eigenvalue weighted by molar-refractivity contribution is -0.0406. The van der Waals surface area contributed by atoms with Gasteiger partial charge in [0.05, 0.1) is 25.4 Å². The predicted octanol–water partition coefficient (Wildman–Crippen LogP) is 1.46. The number of methoxy groups -OCH3 is 1. The molecular formula is C16H25NO3. The second-order valence-corrected chi connectivity index (χ2v) is 5.51. The molecule has 0 saturated carbocycles. The highest BCUT2D eigenvalue weighted by Crippen LogP contribution is 2.18. The van der Waals surface area contributed by atoms with Crippen LogP contribution in [0.15, 0.2) is 24.3 Å². The van der Waals surface area contributed by atoms with E-state index in [2.05, 4.69) is 29.2 Å². The van der Waals surface area contributed by atoms with E-state index in [1.807, 2.05) is 6.92 Å². The molecule has 4 heteroatoms. The zero-order valence-electron chi connectivity index (χ0n) is 12.4. The summed E-state index contributed by atoms with van der Waals surface area (Å²) in [6.45, 7) is 5.45. The van der Waals surface area contributed by atoms with Gasteiger partial charge in [-0.25, -0.2) is 0 Å². The summed E-state index contributed by atoms with van der Waals surface area (Å²) in [5.74, 6) is 0. The fourth-order valence-corrected chi connectivity index (χ4v) is 2.62. The fraction of sp³-hybridized carbons (Fsp3) is 0.625. The lowest BCUT2D eigenvalue weighted by Gasteiger charge is -2.30. The van der Waals surface area contributed by atoms with Gasteiger partial charge in [-0.15, -0.1) is 0 Å². The third-order valence-corrected chi connectivity index (χ3v) is 3.65. The van der Waals surface area contributed by atoms with Gasteiger partial charge in [-0.2, -0.15) is 0 Å². The van der Waals surface area contributed by atoms with E-state index in [9.17, 15) is 5.11 Å². The van der Waals surface area contributed by atoms with E-state index in [0.717, 1.165) is 19.5 Å². The van der Waals surface area contributed by atoms with Crippen LogP contribution in [-0.4, -0.2) is 55.6 Å². The molecule has 20 heavy (non-hydrogen) atoms. The first-order chi connectivity index (χ1) is 9.69. The quantitative estimate of drug-likeness (QED) is 0.820. The Kier molecular flexibility index (Phi) is 5.98. The van der Waals surface area contributed by atoms with Crippen LogP contribution in [-0.2, 0) is 22.4 Å². The van der Waals surface area contributed by atoms with Crippen molar-refractivity contribution in [1.29, 1.82) is 0 Å². The molecule has 4 nitrogen and oxygen atoms in total. The summed E-state index contributed by atoms with van der Waals surface area (Å²) in [6.07, 6.45) is 0.639. The van der Waals surface area contributed by atoms with Gasteiger partial charge in [0.25, 0.3) is 0 Å². The second kappa shape index (κ2) is 7.74. The molecule has 2 rings (SSSR count). The number of nitrogens with zero attached hydrogens (tertiary/aromatic N) is 1. The van der Waals surface area contributed by atoms with Crippen LogP contribution in [0, 0.1) is 0 Å². The minimum absolute atomic E-state index is 0.0248. The van der Waals surface area contributed by atoms with Gasteiger partial charge < -0.3 is 14.6 Å². The average Bonchev–Trinajstić information content (AvgIpc) is 2.45. The van der Waals surface area contributed by atoms with Crippen molar-refractivity contribution in [2.24, 2.45) is 0 Å².